The van der Waals surface area contributed by atoms with Crippen LogP contribution in [0.3, 0.4) is 0 Å². The van der Waals surface area contributed by atoms with Gasteiger partial charge in [-0.25, -0.2) is 4.79 Å². The monoisotopic (exact) mass is 224 g/mol. The van der Waals surface area contributed by atoms with Crippen molar-refractivity contribution < 1.29 is 24.4 Å². The molecule has 86 valence electrons. The third-order valence-corrected chi connectivity index (χ3v) is 1.78. The van der Waals surface area contributed by atoms with E-state index < -0.39 is 5.97 Å². The van der Waals surface area contributed by atoms with E-state index in [0.29, 0.717) is 17.1 Å². The Balaban J connectivity index is 2.94. The van der Waals surface area contributed by atoms with E-state index in [2.05, 4.69) is 4.89 Å². The first kappa shape index (κ1) is 12.1. The molecule has 0 fully saturated rings. The zero-order chi connectivity index (χ0) is 12.0. The van der Waals surface area contributed by atoms with Crippen LogP contribution in [0.25, 0.3) is 6.08 Å². The van der Waals surface area contributed by atoms with Gasteiger partial charge in [-0.15, -0.1) is 0 Å². The van der Waals surface area contributed by atoms with Crippen molar-refractivity contribution >= 4 is 12.0 Å². The van der Waals surface area contributed by atoms with Crippen LogP contribution in [0.1, 0.15) is 5.56 Å². The van der Waals surface area contributed by atoms with Gasteiger partial charge in [0.25, 0.3) is 0 Å². The SMILES string of the molecule is COOc1ccc(C=CC(=O)O)cc1OC. The number of ether oxygens (including phenoxy) is 1. The van der Waals surface area contributed by atoms with Crippen LogP contribution in [0, 0.1) is 0 Å². The summed E-state index contributed by atoms with van der Waals surface area (Å²) in [5.41, 5.74) is 0.697. The quantitative estimate of drug-likeness (QED) is 0.468. The van der Waals surface area contributed by atoms with Gasteiger partial charge in [0.1, 0.15) is 0 Å². The maximum Gasteiger partial charge on any atom is 0.328 e. The molecule has 1 aromatic carbocycles. The number of hydrogen-bond donors (Lipinski definition) is 1. The van der Waals surface area contributed by atoms with E-state index in [9.17, 15) is 4.79 Å². The van der Waals surface area contributed by atoms with Gasteiger partial charge < -0.3 is 14.7 Å². The molecule has 16 heavy (non-hydrogen) atoms. The molecule has 0 saturated heterocycles. The van der Waals surface area contributed by atoms with Crippen LogP contribution in [0.15, 0.2) is 24.3 Å². The predicted molar refractivity (Wildman–Crippen MR) is 57.3 cm³/mol. The molecule has 1 aromatic rings. The van der Waals surface area contributed by atoms with Crippen molar-refractivity contribution in [1.29, 1.82) is 0 Å². The molecule has 1 N–H and O–H groups in total. The van der Waals surface area contributed by atoms with Crippen LogP contribution in [-0.2, 0) is 9.68 Å². The lowest BCUT2D eigenvalue weighted by Crippen LogP contribution is -1.94. The highest BCUT2D eigenvalue weighted by atomic mass is 17.2. The van der Waals surface area contributed by atoms with Crippen LogP contribution in [0.4, 0.5) is 0 Å². The number of hydrogen-bond acceptors (Lipinski definition) is 4. The minimum absolute atomic E-state index is 0.428. The van der Waals surface area contributed by atoms with E-state index in [0.717, 1.165) is 6.08 Å². The van der Waals surface area contributed by atoms with E-state index >= 15 is 0 Å². The fourth-order valence-electron chi connectivity index (χ4n) is 1.11. The molecule has 5 heteroatoms. The summed E-state index contributed by atoms with van der Waals surface area (Å²) >= 11 is 0. The maximum absolute atomic E-state index is 10.3. The van der Waals surface area contributed by atoms with Gasteiger partial charge >= 0.3 is 5.97 Å². The van der Waals surface area contributed by atoms with Crippen LogP contribution in [0.5, 0.6) is 11.5 Å². The molecule has 0 aromatic heterocycles. The Morgan fingerprint density at radius 3 is 2.62 bits per heavy atom. The molecule has 0 atom stereocenters. The van der Waals surface area contributed by atoms with E-state index in [1.165, 1.54) is 20.3 Å². The molecule has 0 aliphatic carbocycles. The summed E-state index contributed by atoms with van der Waals surface area (Å²) in [6.07, 6.45) is 2.51. The van der Waals surface area contributed by atoms with E-state index in [1.54, 1.807) is 18.2 Å². The average Bonchev–Trinajstić information content (AvgIpc) is 2.28. The zero-order valence-electron chi connectivity index (χ0n) is 8.97. The Kier molecular flexibility index (Phi) is 4.35. The van der Waals surface area contributed by atoms with Crippen LogP contribution in [-0.4, -0.2) is 25.3 Å². The molecule has 0 radical (unpaired) electrons. The molecular weight excluding hydrogens is 212 g/mol. The van der Waals surface area contributed by atoms with Gasteiger partial charge in [-0.05, 0) is 23.8 Å². The molecule has 0 spiro atoms. The Bertz CT molecular complexity index is 397. The summed E-state index contributed by atoms with van der Waals surface area (Å²) < 4.78 is 5.06. The van der Waals surface area contributed by atoms with Gasteiger partial charge in [0.2, 0.25) is 5.75 Å². The number of methoxy groups -OCH3 is 1. The molecule has 0 aliphatic rings. The Morgan fingerprint density at radius 2 is 2.06 bits per heavy atom. The molecular formula is C11H12O5. The van der Waals surface area contributed by atoms with Crippen molar-refractivity contribution in [1.82, 2.24) is 0 Å². The van der Waals surface area contributed by atoms with E-state index in [-0.39, 0.29) is 0 Å². The average molecular weight is 224 g/mol. The predicted octanol–water partition coefficient (Wildman–Crippen LogP) is 1.73. The van der Waals surface area contributed by atoms with Crippen LogP contribution < -0.4 is 9.62 Å². The highest BCUT2D eigenvalue weighted by Gasteiger charge is 2.05. The number of carbonyl (C=O) groups is 1. The summed E-state index contributed by atoms with van der Waals surface area (Å²) in [6.45, 7) is 0. The van der Waals surface area contributed by atoms with Crippen LogP contribution in [0.2, 0.25) is 0 Å². The summed E-state index contributed by atoms with van der Waals surface area (Å²) in [5.74, 6) is -0.108. The zero-order valence-corrected chi connectivity index (χ0v) is 8.97. The van der Waals surface area contributed by atoms with Crippen molar-refractivity contribution in [3.63, 3.8) is 0 Å². The molecule has 0 aliphatic heterocycles. The van der Waals surface area contributed by atoms with Crippen molar-refractivity contribution in [3.05, 3.63) is 29.8 Å². The van der Waals surface area contributed by atoms with Gasteiger partial charge in [-0.2, -0.15) is 4.89 Å². The van der Waals surface area contributed by atoms with Crippen molar-refractivity contribution in [3.8, 4) is 11.5 Å². The van der Waals surface area contributed by atoms with Crippen LogP contribution >= 0.6 is 0 Å². The van der Waals surface area contributed by atoms with Gasteiger partial charge in [0.15, 0.2) is 5.75 Å². The van der Waals surface area contributed by atoms with Crippen molar-refractivity contribution in [2.45, 2.75) is 0 Å². The van der Waals surface area contributed by atoms with Crippen molar-refractivity contribution in [2.24, 2.45) is 0 Å². The Labute approximate surface area is 92.8 Å². The van der Waals surface area contributed by atoms with E-state index in [4.69, 9.17) is 14.7 Å². The second-order valence-corrected chi connectivity index (χ2v) is 2.83. The van der Waals surface area contributed by atoms with Gasteiger partial charge in [0.05, 0.1) is 14.2 Å². The second-order valence-electron chi connectivity index (χ2n) is 2.83. The number of carboxylic acids is 1. The fourth-order valence-corrected chi connectivity index (χ4v) is 1.11. The smallest absolute Gasteiger partial charge is 0.328 e. The van der Waals surface area contributed by atoms with Gasteiger partial charge in [0, 0.05) is 6.08 Å². The molecule has 0 heterocycles. The standard InChI is InChI=1S/C11H12O5/c1-14-10-7-8(4-6-11(12)13)3-5-9(10)16-15-2/h3-7H,1-2H3,(H,12,13). The number of rotatable bonds is 5. The largest absolute Gasteiger partial charge is 0.493 e. The summed E-state index contributed by atoms with van der Waals surface area (Å²) in [5, 5.41) is 8.48. The summed E-state index contributed by atoms with van der Waals surface area (Å²) in [6, 6.07) is 4.97. The van der Waals surface area contributed by atoms with Crippen molar-refractivity contribution in [2.75, 3.05) is 14.2 Å². The summed E-state index contributed by atoms with van der Waals surface area (Å²) in [4.78, 5) is 19.7. The lowest BCUT2D eigenvalue weighted by Gasteiger charge is -2.07. The van der Waals surface area contributed by atoms with E-state index in [1.807, 2.05) is 0 Å². The maximum atomic E-state index is 10.3. The number of carboxylic acid groups (broad SMARTS) is 1. The normalized spacial score (nSPS) is 10.4. The number of aliphatic carboxylic acids is 1. The first-order chi connectivity index (χ1) is 7.67. The third kappa shape index (κ3) is 3.29. The lowest BCUT2D eigenvalue weighted by molar-refractivity contribution is -0.179. The highest BCUT2D eigenvalue weighted by Crippen LogP contribution is 2.28. The molecule has 0 unspecified atom stereocenters. The first-order valence-electron chi connectivity index (χ1n) is 4.47. The highest BCUT2D eigenvalue weighted by molar-refractivity contribution is 5.85. The minimum Gasteiger partial charge on any atom is -0.493 e. The topological polar surface area (TPSA) is 65.0 Å². The van der Waals surface area contributed by atoms with Gasteiger partial charge in [-0.3, -0.25) is 0 Å². The Hall–Kier alpha value is -2.01. The molecule has 0 saturated carbocycles. The molecule has 1 rings (SSSR count). The molecule has 0 amide bonds. The minimum atomic E-state index is -1.00. The lowest BCUT2D eigenvalue weighted by atomic mass is 10.2. The number of benzene rings is 1. The molecule has 0 bridgehead atoms. The molecule has 5 nitrogen and oxygen atoms in total. The first-order valence-corrected chi connectivity index (χ1v) is 4.47. The third-order valence-electron chi connectivity index (χ3n) is 1.78. The van der Waals surface area contributed by atoms with Gasteiger partial charge in [-0.1, -0.05) is 6.07 Å². The fraction of sp³-hybridized carbons (Fsp3) is 0.182. The summed E-state index contributed by atoms with van der Waals surface area (Å²) in [7, 11) is 2.88. The second kappa shape index (κ2) is 5.77. The Morgan fingerprint density at radius 1 is 1.31 bits per heavy atom.